The fourth-order valence-electron chi connectivity index (χ4n) is 3.97. The lowest BCUT2D eigenvalue weighted by atomic mass is 9.82. The average molecular weight is 344 g/mol. The Labute approximate surface area is 147 Å². The van der Waals surface area contributed by atoms with Gasteiger partial charge >= 0.3 is 0 Å². The molecule has 1 aromatic carbocycles. The molecule has 0 bridgehead atoms. The van der Waals surface area contributed by atoms with Crippen LogP contribution >= 0.6 is 11.6 Å². The standard InChI is InChI=1S/C19H22ClN3O/c1-13(2)18(24)22-10-7-19(8-11-22)17-4-3-9-23(17)16-12-14(20)5-6-15(16)21-19/h3-6,9,12-13,21H,7-8,10-11H2,1-2H3. The number of aromatic nitrogens is 1. The van der Waals surface area contributed by atoms with E-state index in [2.05, 4.69) is 28.2 Å². The summed E-state index contributed by atoms with van der Waals surface area (Å²) < 4.78 is 2.23. The zero-order chi connectivity index (χ0) is 16.9. The topological polar surface area (TPSA) is 37.3 Å². The minimum Gasteiger partial charge on any atom is -0.372 e. The minimum absolute atomic E-state index is 0.0603. The van der Waals surface area contributed by atoms with E-state index in [4.69, 9.17) is 11.6 Å². The second-order valence-electron chi connectivity index (χ2n) is 7.11. The molecule has 2 aromatic rings. The van der Waals surface area contributed by atoms with E-state index in [0.29, 0.717) is 0 Å². The van der Waals surface area contributed by atoms with Crippen LogP contribution in [0.1, 0.15) is 32.4 Å². The maximum Gasteiger partial charge on any atom is 0.225 e. The summed E-state index contributed by atoms with van der Waals surface area (Å²) in [7, 11) is 0. The summed E-state index contributed by atoms with van der Waals surface area (Å²) in [6.45, 7) is 5.52. The first-order valence-electron chi connectivity index (χ1n) is 8.55. The van der Waals surface area contributed by atoms with Crippen LogP contribution in [0.3, 0.4) is 0 Å². The van der Waals surface area contributed by atoms with Crippen molar-refractivity contribution in [1.82, 2.24) is 9.47 Å². The number of nitrogens with one attached hydrogen (secondary N) is 1. The Balaban J connectivity index is 1.67. The molecule has 4 rings (SSSR count). The van der Waals surface area contributed by atoms with Crippen molar-refractivity contribution in [2.45, 2.75) is 32.2 Å². The van der Waals surface area contributed by atoms with Crippen LogP contribution in [-0.2, 0) is 10.3 Å². The van der Waals surface area contributed by atoms with E-state index < -0.39 is 0 Å². The number of carbonyl (C=O) groups is 1. The first-order valence-corrected chi connectivity index (χ1v) is 8.93. The maximum absolute atomic E-state index is 12.3. The zero-order valence-electron chi connectivity index (χ0n) is 14.1. The molecular formula is C19H22ClN3O. The van der Waals surface area contributed by atoms with Crippen LogP contribution in [0.2, 0.25) is 5.02 Å². The summed E-state index contributed by atoms with van der Waals surface area (Å²) >= 11 is 6.19. The van der Waals surface area contributed by atoms with Gasteiger partial charge in [-0.15, -0.1) is 0 Å². The van der Waals surface area contributed by atoms with Crippen molar-refractivity contribution >= 4 is 23.2 Å². The number of hydrogen-bond acceptors (Lipinski definition) is 2. The van der Waals surface area contributed by atoms with E-state index in [1.807, 2.05) is 36.9 Å². The second-order valence-corrected chi connectivity index (χ2v) is 7.55. The van der Waals surface area contributed by atoms with Crippen molar-refractivity contribution in [3.63, 3.8) is 0 Å². The van der Waals surface area contributed by atoms with Gasteiger partial charge in [0.15, 0.2) is 0 Å². The number of benzene rings is 1. The van der Waals surface area contributed by atoms with Gasteiger partial charge in [-0.1, -0.05) is 25.4 Å². The molecule has 0 aliphatic carbocycles. The molecule has 2 aliphatic rings. The lowest BCUT2D eigenvalue weighted by Crippen LogP contribution is -2.51. The highest BCUT2D eigenvalue weighted by Crippen LogP contribution is 2.44. The van der Waals surface area contributed by atoms with E-state index in [-0.39, 0.29) is 17.4 Å². The van der Waals surface area contributed by atoms with E-state index in [0.717, 1.165) is 42.3 Å². The summed E-state index contributed by atoms with van der Waals surface area (Å²) in [5.74, 6) is 0.313. The molecular weight excluding hydrogens is 322 g/mol. The maximum atomic E-state index is 12.3. The van der Waals surface area contributed by atoms with Crippen LogP contribution < -0.4 is 5.32 Å². The van der Waals surface area contributed by atoms with Crippen LogP contribution in [0, 0.1) is 5.92 Å². The number of rotatable bonds is 1. The van der Waals surface area contributed by atoms with Gasteiger partial charge in [0.1, 0.15) is 0 Å². The van der Waals surface area contributed by atoms with Crippen molar-refractivity contribution in [2.24, 2.45) is 5.92 Å². The van der Waals surface area contributed by atoms with Crippen molar-refractivity contribution in [3.05, 3.63) is 47.2 Å². The number of nitrogens with zero attached hydrogens (tertiary/aromatic N) is 2. The van der Waals surface area contributed by atoms with Gasteiger partial charge in [0.25, 0.3) is 0 Å². The molecule has 1 saturated heterocycles. The molecule has 24 heavy (non-hydrogen) atoms. The Kier molecular flexibility index (Phi) is 3.61. The highest BCUT2D eigenvalue weighted by atomic mass is 35.5. The molecule has 0 unspecified atom stereocenters. The summed E-state index contributed by atoms with van der Waals surface area (Å²) in [5.41, 5.74) is 3.34. The van der Waals surface area contributed by atoms with Gasteiger partial charge in [0, 0.05) is 35.9 Å². The molecule has 0 radical (unpaired) electrons. The minimum atomic E-state index is -0.113. The third-order valence-electron chi connectivity index (χ3n) is 5.25. The van der Waals surface area contributed by atoms with Gasteiger partial charge in [0.05, 0.1) is 16.9 Å². The molecule has 3 heterocycles. The van der Waals surface area contributed by atoms with Crippen molar-refractivity contribution in [1.29, 1.82) is 0 Å². The highest BCUT2D eigenvalue weighted by Gasteiger charge is 2.42. The number of anilines is 1. The lowest BCUT2D eigenvalue weighted by molar-refractivity contribution is -0.136. The van der Waals surface area contributed by atoms with Gasteiger partial charge in [0.2, 0.25) is 5.91 Å². The van der Waals surface area contributed by atoms with Gasteiger partial charge in [-0.05, 0) is 43.2 Å². The number of amides is 1. The third kappa shape index (κ3) is 2.32. The van der Waals surface area contributed by atoms with E-state index in [1.54, 1.807) is 0 Å². The summed E-state index contributed by atoms with van der Waals surface area (Å²) in [4.78, 5) is 14.3. The van der Waals surface area contributed by atoms with Gasteiger partial charge in [-0.2, -0.15) is 0 Å². The number of hydrogen-bond donors (Lipinski definition) is 1. The van der Waals surface area contributed by atoms with Crippen LogP contribution in [0.25, 0.3) is 5.69 Å². The largest absolute Gasteiger partial charge is 0.372 e. The van der Waals surface area contributed by atoms with Gasteiger partial charge in [-0.3, -0.25) is 4.79 Å². The molecule has 5 heteroatoms. The Morgan fingerprint density at radius 2 is 2.00 bits per heavy atom. The number of halogens is 1. The Morgan fingerprint density at radius 1 is 1.25 bits per heavy atom. The molecule has 1 amide bonds. The van der Waals surface area contributed by atoms with Gasteiger partial charge in [-0.25, -0.2) is 0 Å². The first kappa shape index (κ1) is 15.6. The van der Waals surface area contributed by atoms with E-state index >= 15 is 0 Å². The third-order valence-corrected chi connectivity index (χ3v) is 5.49. The second kappa shape index (κ2) is 5.55. The van der Waals surface area contributed by atoms with Crippen LogP contribution in [0.5, 0.6) is 0 Å². The average Bonchev–Trinajstić information content (AvgIpc) is 3.07. The normalized spacial score (nSPS) is 18.2. The van der Waals surface area contributed by atoms with Crippen molar-refractivity contribution < 1.29 is 4.79 Å². The molecule has 1 N–H and O–H groups in total. The van der Waals surface area contributed by atoms with E-state index in [1.165, 1.54) is 5.69 Å². The van der Waals surface area contributed by atoms with Crippen molar-refractivity contribution in [2.75, 3.05) is 18.4 Å². The highest BCUT2D eigenvalue weighted by molar-refractivity contribution is 6.30. The Hall–Kier alpha value is -1.94. The molecule has 1 fully saturated rings. The number of likely N-dealkylation sites (tertiary alicyclic amines) is 1. The number of carbonyl (C=O) groups excluding carboxylic acids is 1. The van der Waals surface area contributed by atoms with Crippen molar-refractivity contribution in [3.8, 4) is 5.69 Å². The molecule has 4 nitrogen and oxygen atoms in total. The van der Waals surface area contributed by atoms with E-state index in [9.17, 15) is 4.79 Å². The number of fused-ring (bicyclic) bond motifs is 4. The SMILES string of the molecule is CC(C)C(=O)N1CCC2(CC1)Nc1ccc(Cl)cc1-n1cccc12. The van der Waals surface area contributed by atoms with Crippen LogP contribution in [-0.4, -0.2) is 28.5 Å². The van der Waals surface area contributed by atoms with Crippen LogP contribution in [0.4, 0.5) is 5.69 Å². The first-order chi connectivity index (χ1) is 11.5. The number of piperidine rings is 1. The Morgan fingerprint density at radius 3 is 2.71 bits per heavy atom. The molecule has 0 atom stereocenters. The smallest absolute Gasteiger partial charge is 0.225 e. The predicted octanol–water partition coefficient (Wildman–Crippen LogP) is 4.03. The van der Waals surface area contributed by atoms with Crippen LogP contribution in [0.15, 0.2) is 36.5 Å². The zero-order valence-corrected chi connectivity index (χ0v) is 14.8. The fraction of sp³-hybridized carbons (Fsp3) is 0.421. The Bertz CT molecular complexity index is 788. The monoisotopic (exact) mass is 343 g/mol. The fourth-order valence-corrected chi connectivity index (χ4v) is 4.13. The molecule has 126 valence electrons. The van der Waals surface area contributed by atoms with Gasteiger partial charge < -0.3 is 14.8 Å². The summed E-state index contributed by atoms with van der Waals surface area (Å²) in [6, 6.07) is 10.2. The molecule has 1 spiro atoms. The summed E-state index contributed by atoms with van der Waals surface area (Å²) in [5, 5.41) is 4.49. The molecule has 2 aliphatic heterocycles. The summed E-state index contributed by atoms with van der Waals surface area (Å²) in [6.07, 6.45) is 3.92. The predicted molar refractivity (Wildman–Crippen MR) is 96.7 cm³/mol. The molecule has 1 aromatic heterocycles. The lowest BCUT2D eigenvalue weighted by Gasteiger charge is -2.46. The quantitative estimate of drug-likeness (QED) is 0.848. The molecule has 0 saturated carbocycles.